The van der Waals surface area contributed by atoms with E-state index in [9.17, 15) is 9.59 Å². The van der Waals surface area contributed by atoms with E-state index in [0.717, 1.165) is 12.8 Å². The number of carbonyl (C=O) groups is 2. The van der Waals surface area contributed by atoms with Crippen molar-refractivity contribution >= 4 is 11.8 Å². The standard InChI is InChI=1S/C14H20N4O3/c1-7(2)12-13(19)16-11(9-4-5-9)14(20)18(12)6-10-15-8(3)17-21-10/h7,9,11-12H,4-6H2,1-3H3,(H,16,19). The molecular weight excluding hydrogens is 272 g/mol. The molecule has 7 nitrogen and oxygen atoms in total. The van der Waals surface area contributed by atoms with Gasteiger partial charge in [-0.1, -0.05) is 19.0 Å². The maximum Gasteiger partial charge on any atom is 0.246 e. The van der Waals surface area contributed by atoms with Gasteiger partial charge in [-0.05, 0) is 31.6 Å². The summed E-state index contributed by atoms with van der Waals surface area (Å²) in [5.74, 6) is 1.08. The fourth-order valence-electron chi connectivity index (χ4n) is 2.90. The van der Waals surface area contributed by atoms with Crippen LogP contribution in [0.2, 0.25) is 0 Å². The summed E-state index contributed by atoms with van der Waals surface area (Å²) >= 11 is 0. The number of piperazine rings is 1. The number of amides is 2. The summed E-state index contributed by atoms with van der Waals surface area (Å²) in [6, 6.07) is -0.878. The number of aromatic nitrogens is 2. The third-order valence-corrected chi connectivity index (χ3v) is 4.05. The van der Waals surface area contributed by atoms with Crippen LogP contribution in [-0.2, 0) is 16.1 Å². The second kappa shape index (κ2) is 5.13. The van der Waals surface area contributed by atoms with Gasteiger partial charge in [-0.2, -0.15) is 4.98 Å². The minimum atomic E-state index is -0.486. The summed E-state index contributed by atoms with van der Waals surface area (Å²) in [6.45, 7) is 5.78. The van der Waals surface area contributed by atoms with Gasteiger partial charge < -0.3 is 14.7 Å². The molecule has 1 aromatic heterocycles. The Hall–Kier alpha value is -1.92. The number of nitrogens with zero attached hydrogens (tertiary/aromatic N) is 3. The van der Waals surface area contributed by atoms with E-state index >= 15 is 0 Å². The number of hydrogen-bond acceptors (Lipinski definition) is 5. The molecule has 2 atom stereocenters. The van der Waals surface area contributed by atoms with Crippen LogP contribution in [0.3, 0.4) is 0 Å². The molecule has 0 spiro atoms. The van der Waals surface area contributed by atoms with Gasteiger partial charge in [0.2, 0.25) is 17.7 Å². The molecule has 1 N–H and O–H groups in total. The third-order valence-electron chi connectivity index (χ3n) is 4.05. The lowest BCUT2D eigenvalue weighted by Gasteiger charge is -2.40. The van der Waals surface area contributed by atoms with Crippen LogP contribution in [0.15, 0.2) is 4.52 Å². The van der Waals surface area contributed by atoms with Gasteiger partial charge in [0.1, 0.15) is 18.6 Å². The highest BCUT2D eigenvalue weighted by Crippen LogP contribution is 2.36. The van der Waals surface area contributed by atoms with E-state index in [1.165, 1.54) is 0 Å². The van der Waals surface area contributed by atoms with E-state index in [1.54, 1.807) is 11.8 Å². The molecule has 1 aromatic rings. The Kier molecular flexibility index (Phi) is 3.43. The summed E-state index contributed by atoms with van der Waals surface area (Å²) < 4.78 is 5.10. The first-order chi connectivity index (χ1) is 9.97. The maximum absolute atomic E-state index is 12.7. The molecule has 1 aliphatic carbocycles. The average Bonchev–Trinajstić information content (AvgIpc) is 3.17. The lowest BCUT2D eigenvalue weighted by Crippen LogP contribution is -2.65. The molecule has 0 radical (unpaired) electrons. The zero-order chi connectivity index (χ0) is 15.1. The summed E-state index contributed by atoms with van der Waals surface area (Å²) in [7, 11) is 0. The molecule has 114 valence electrons. The van der Waals surface area contributed by atoms with E-state index in [1.807, 2.05) is 13.8 Å². The molecule has 1 aliphatic heterocycles. The Bertz CT molecular complexity index is 564. The molecule has 2 aliphatic rings. The fraction of sp³-hybridized carbons (Fsp3) is 0.714. The van der Waals surface area contributed by atoms with Crippen molar-refractivity contribution < 1.29 is 14.1 Å². The van der Waals surface area contributed by atoms with Gasteiger partial charge in [-0.15, -0.1) is 0 Å². The summed E-state index contributed by atoms with van der Waals surface area (Å²) in [5, 5.41) is 6.62. The molecule has 1 saturated heterocycles. The summed E-state index contributed by atoms with van der Waals surface area (Å²) in [4.78, 5) is 30.8. The molecule has 0 aromatic carbocycles. The van der Waals surface area contributed by atoms with Gasteiger partial charge >= 0.3 is 0 Å². The van der Waals surface area contributed by atoms with Crippen LogP contribution in [0, 0.1) is 18.8 Å². The van der Waals surface area contributed by atoms with Crippen molar-refractivity contribution in [3.63, 3.8) is 0 Å². The van der Waals surface area contributed by atoms with Gasteiger partial charge in [0, 0.05) is 0 Å². The minimum Gasteiger partial charge on any atom is -0.342 e. The Morgan fingerprint density at radius 3 is 2.62 bits per heavy atom. The number of carbonyl (C=O) groups excluding carboxylic acids is 2. The van der Waals surface area contributed by atoms with Crippen molar-refractivity contribution in [2.45, 2.75) is 52.2 Å². The van der Waals surface area contributed by atoms with Crippen molar-refractivity contribution in [3.8, 4) is 0 Å². The van der Waals surface area contributed by atoms with E-state index in [0.29, 0.717) is 11.7 Å². The summed E-state index contributed by atoms with van der Waals surface area (Å²) in [5.41, 5.74) is 0. The highest BCUT2D eigenvalue weighted by atomic mass is 16.5. The van der Waals surface area contributed by atoms with Gasteiger partial charge in [0.05, 0.1) is 0 Å². The molecule has 0 bridgehead atoms. The first-order valence-corrected chi connectivity index (χ1v) is 7.37. The zero-order valence-corrected chi connectivity index (χ0v) is 12.5. The molecule has 2 unspecified atom stereocenters. The van der Waals surface area contributed by atoms with Crippen LogP contribution in [-0.4, -0.2) is 38.9 Å². The van der Waals surface area contributed by atoms with E-state index in [4.69, 9.17) is 4.52 Å². The van der Waals surface area contributed by atoms with Crippen LogP contribution in [0.1, 0.15) is 38.4 Å². The van der Waals surface area contributed by atoms with Crippen LogP contribution in [0.25, 0.3) is 0 Å². The van der Waals surface area contributed by atoms with Gasteiger partial charge in [-0.3, -0.25) is 9.59 Å². The molecule has 2 amide bonds. The Balaban J connectivity index is 1.86. The second-order valence-corrected chi connectivity index (χ2v) is 6.21. The van der Waals surface area contributed by atoms with Crippen LogP contribution < -0.4 is 5.32 Å². The quantitative estimate of drug-likeness (QED) is 0.879. The molecule has 2 heterocycles. The summed E-state index contributed by atoms with van der Waals surface area (Å²) in [6.07, 6.45) is 1.99. The van der Waals surface area contributed by atoms with E-state index in [2.05, 4.69) is 15.5 Å². The Morgan fingerprint density at radius 2 is 2.10 bits per heavy atom. The third kappa shape index (κ3) is 2.64. The predicted molar refractivity (Wildman–Crippen MR) is 72.9 cm³/mol. The molecule has 21 heavy (non-hydrogen) atoms. The van der Waals surface area contributed by atoms with E-state index < -0.39 is 12.1 Å². The van der Waals surface area contributed by atoms with Gasteiger partial charge in [-0.25, -0.2) is 0 Å². The first kappa shape index (κ1) is 14.0. The number of nitrogens with one attached hydrogen (secondary N) is 1. The van der Waals surface area contributed by atoms with E-state index in [-0.39, 0.29) is 30.2 Å². The molecule has 1 saturated carbocycles. The predicted octanol–water partition coefficient (Wildman–Crippen LogP) is 0.640. The zero-order valence-electron chi connectivity index (χ0n) is 12.5. The van der Waals surface area contributed by atoms with Crippen LogP contribution in [0.5, 0.6) is 0 Å². The van der Waals surface area contributed by atoms with Crippen LogP contribution >= 0.6 is 0 Å². The monoisotopic (exact) mass is 292 g/mol. The number of hydrogen-bond donors (Lipinski definition) is 1. The molecular formula is C14H20N4O3. The SMILES string of the molecule is Cc1noc(CN2C(=O)C(C3CC3)NC(=O)C2C(C)C)n1. The van der Waals surface area contributed by atoms with Gasteiger partial charge in [0.15, 0.2) is 5.82 Å². The smallest absolute Gasteiger partial charge is 0.246 e. The molecule has 3 rings (SSSR count). The van der Waals surface area contributed by atoms with Crippen molar-refractivity contribution in [1.82, 2.24) is 20.4 Å². The Morgan fingerprint density at radius 1 is 1.38 bits per heavy atom. The first-order valence-electron chi connectivity index (χ1n) is 7.37. The Labute approximate surface area is 123 Å². The van der Waals surface area contributed by atoms with Crippen molar-refractivity contribution in [3.05, 3.63) is 11.7 Å². The number of aryl methyl sites for hydroxylation is 1. The highest BCUT2D eigenvalue weighted by molar-refractivity contribution is 5.97. The lowest BCUT2D eigenvalue weighted by atomic mass is 9.95. The topological polar surface area (TPSA) is 88.3 Å². The fourth-order valence-corrected chi connectivity index (χ4v) is 2.90. The van der Waals surface area contributed by atoms with Crippen molar-refractivity contribution in [2.75, 3.05) is 0 Å². The van der Waals surface area contributed by atoms with Gasteiger partial charge in [0.25, 0.3) is 0 Å². The van der Waals surface area contributed by atoms with Crippen molar-refractivity contribution in [2.24, 2.45) is 11.8 Å². The van der Waals surface area contributed by atoms with Crippen LogP contribution in [0.4, 0.5) is 0 Å². The molecule has 2 fully saturated rings. The molecule has 7 heteroatoms. The largest absolute Gasteiger partial charge is 0.342 e. The lowest BCUT2D eigenvalue weighted by molar-refractivity contribution is -0.153. The highest BCUT2D eigenvalue weighted by Gasteiger charge is 2.48. The number of rotatable bonds is 4. The maximum atomic E-state index is 12.7. The van der Waals surface area contributed by atoms with Crippen molar-refractivity contribution in [1.29, 1.82) is 0 Å². The normalized spacial score (nSPS) is 26.4. The minimum absolute atomic E-state index is 0.0260. The second-order valence-electron chi connectivity index (χ2n) is 6.21. The average molecular weight is 292 g/mol.